The molecule has 15 heavy (non-hydrogen) atoms. The maximum absolute atomic E-state index is 5.79. The first-order chi connectivity index (χ1) is 7.03. The predicted octanol–water partition coefficient (Wildman–Crippen LogP) is 2.31. The van der Waals surface area contributed by atoms with E-state index in [0.717, 1.165) is 5.82 Å². The topological polar surface area (TPSA) is 63.8 Å². The molecule has 1 saturated carbocycles. The molecule has 0 aliphatic heterocycles. The van der Waals surface area contributed by atoms with Crippen LogP contribution in [0.15, 0.2) is 6.07 Å². The SMILES string of the molecule is CCC1(C)CC1Nc1cc(Cl)nc(N)n1. The first-order valence-corrected chi connectivity index (χ1v) is 5.48. The Bertz CT molecular complexity index is 361. The van der Waals surface area contributed by atoms with E-state index in [0.29, 0.717) is 16.6 Å². The van der Waals surface area contributed by atoms with Crippen molar-refractivity contribution in [2.45, 2.75) is 32.7 Å². The fraction of sp³-hybridized carbons (Fsp3) is 0.600. The Kier molecular flexibility index (Phi) is 2.46. The van der Waals surface area contributed by atoms with Crippen molar-refractivity contribution in [2.75, 3.05) is 11.1 Å². The Balaban J connectivity index is 2.06. The monoisotopic (exact) mass is 226 g/mol. The summed E-state index contributed by atoms with van der Waals surface area (Å²) < 4.78 is 0. The minimum atomic E-state index is 0.212. The lowest BCUT2D eigenvalue weighted by Crippen LogP contribution is -2.12. The van der Waals surface area contributed by atoms with E-state index < -0.39 is 0 Å². The van der Waals surface area contributed by atoms with Crippen LogP contribution < -0.4 is 11.1 Å². The van der Waals surface area contributed by atoms with Crippen LogP contribution in [0.5, 0.6) is 0 Å². The lowest BCUT2D eigenvalue weighted by molar-refractivity contribution is 0.535. The molecule has 1 aliphatic rings. The number of hydrogen-bond donors (Lipinski definition) is 2. The van der Waals surface area contributed by atoms with Gasteiger partial charge in [0.2, 0.25) is 5.95 Å². The van der Waals surface area contributed by atoms with Crippen molar-refractivity contribution < 1.29 is 0 Å². The van der Waals surface area contributed by atoms with E-state index in [1.54, 1.807) is 6.07 Å². The van der Waals surface area contributed by atoms with Gasteiger partial charge in [0.25, 0.3) is 0 Å². The van der Waals surface area contributed by atoms with Crippen LogP contribution in [0, 0.1) is 5.41 Å². The summed E-state index contributed by atoms with van der Waals surface area (Å²) in [6, 6.07) is 2.18. The second-order valence-electron chi connectivity index (χ2n) is 4.34. The Morgan fingerprint density at radius 3 is 2.93 bits per heavy atom. The Labute approximate surface area is 94.2 Å². The van der Waals surface area contributed by atoms with Crippen molar-refractivity contribution in [1.29, 1.82) is 0 Å². The number of nitrogens with two attached hydrogens (primary N) is 1. The summed E-state index contributed by atoms with van der Waals surface area (Å²) >= 11 is 5.79. The van der Waals surface area contributed by atoms with Gasteiger partial charge in [-0.3, -0.25) is 0 Å². The molecular formula is C10H15ClN4. The molecule has 0 bridgehead atoms. The molecule has 1 aromatic rings. The summed E-state index contributed by atoms with van der Waals surface area (Å²) in [7, 11) is 0. The third-order valence-electron chi connectivity index (χ3n) is 3.19. The molecule has 0 saturated heterocycles. The number of rotatable bonds is 3. The molecule has 3 N–H and O–H groups in total. The number of nitrogens with one attached hydrogen (secondary N) is 1. The zero-order valence-electron chi connectivity index (χ0n) is 8.92. The molecule has 0 amide bonds. The molecule has 0 radical (unpaired) electrons. The number of anilines is 2. The summed E-state index contributed by atoms with van der Waals surface area (Å²) in [5.41, 5.74) is 5.90. The van der Waals surface area contributed by atoms with E-state index in [9.17, 15) is 0 Å². The second kappa shape index (κ2) is 3.52. The molecule has 2 rings (SSSR count). The lowest BCUT2D eigenvalue weighted by atomic mass is 10.1. The molecule has 2 atom stereocenters. The first kappa shape index (κ1) is 10.5. The van der Waals surface area contributed by atoms with Crippen LogP contribution in [0.3, 0.4) is 0 Å². The van der Waals surface area contributed by atoms with Gasteiger partial charge in [-0.1, -0.05) is 25.4 Å². The highest BCUT2D eigenvalue weighted by molar-refractivity contribution is 6.29. The summed E-state index contributed by atoms with van der Waals surface area (Å²) in [5.74, 6) is 0.929. The third kappa shape index (κ3) is 2.15. The van der Waals surface area contributed by atoms with Crippen molar-refractivity contribution in [2.24, 2.45) is 5.41 Å². The van der Waals surface area contributed by atoms with Crippen LogP contribution in [-0.2, 0) is 0 Å². The normalized spacial score (nSPS) is 28.9. The van der Waals surface area contributed by atoms with Crippen molar-refractivity contribution >= 4 is 23.4 Å². The first-order valence-electron chi connectivity index (χ1n) is 5.10. The van der Waals surface area contributed by atoms with Crippen LogP contribution in [0.1, 0.15) is 26.7 Å². The molecule has 1 aromatic heterocycles. The predicted molar refractivity (Wildman–Crippen MR) is 61.9 cm³/mol. The molecule has 0 spiro atoms. The highest BCUT2D eigenvalue weighted by Gasteiger charge is 2.48. The summed E-state index contributed by atoms with van der Waals surface area (Å²) in [6.45, 7) is 4.46. The smallest absolute Gasteiger partial charge is 0.223 e. The molecule has 4 nitrogen and oxygen atoms in total. The molecule has 1 fully saturated rings. The maximum Gasteiger partial charge on any atom is 0.223 e. The molecule has 5 heteroatoms. The summed E-state index contributed by atoms with van der Waals surface area (Å²) in [4.78, 5) is 7.90. The van der Waals surface area contributed by atoms with Gasteiger partial charge >= 0.3 is 0 Å². The molecule has 0 aromatic carbocycles. The van der Waals surface area contributed by atoms with Gasteiger partial charge in [0.05, 0.1) is 0 Å². The van der Waals surface area contributed by atoms with Crippen molar-refractivity contribution in [3.05, 3.63) is 11.2 Å². The van der Waals surface area contributed by atoms with Crippen LogP contribution in [0.2, 0.25) is 5.15 Å². The molecule has 1 aliphatic carbocycles. The van der Waals surface area contributed by atoms with Gasteiger partial charge in [0.1, 0.15) is 11.0 Å². The zero-order valence-corrected chi connectivity index (χ0v) is 9.67. The largest absolute Gasteiger partial charge is 0.368 e. The quantitative estimate of drug-likeness (QED) is 0.777. The minimum absolute atomic E-state index is 0.212. The molecule has 82 valence electrons. The number of nitrogens with zero attached hydrogens (tertiary/aromatic N) is 2. The average molecular weight is 227 g/mol. The van der Waals surface area contributed by atoms with E-state index in [1.165, 1.54) is 12.8 Å². The minimum Gasteiger partial charge on any atom is -0.368 e. The van der Waals surface area contributed by atoms with Crippen LogP contribution in [-0.4, -0.2) is 16.0 Å². The average Bonchev–Trinajstić information content (AvgIpc) is 2.76. The number of hydrogen-bond acceptors (Lipinski definition) is 4. The Morgan fingerprint density at radius 1 is 1.67 bits per heavy atom. The molecule has 2 unspecified atom stereocenters. The molecule has 1 heterocycles. The number of aromatic nitrogens is 2. The number of nitrogen functional groups attached to an aromatic ring is 1. The van der Waals surface area contributed by atoms with Crippen molar-refractivity contribution in [1.82, 2.24) is 9.97 Å². The summed E-state index contributed by atoms with van der Waals surface area (Å²) in [5, 5.41) is 3.70. The Morgan fingerprint density at radius 2 is 2.40 bits per heavy atom. The van der Waals surface area contributed by atoms with E-state index in [2.05, 4.69) is 29.1 Å². The van der Waals surface area contributed by atoms with Gasteiger partial charge in [-0.25, -0.2) is 4.98 Å². The van der Waals surface area contributed by atoms with E-state index >= 15 is 0 Å². The van der Waals surface area contributed by atoms with Crippen molar-refractivity contribution in [3.8, 4) is 0 Å². The van der Waals surface area contributed by atoms with E-state index in [4.69, 9.17) is 17.3 Å². The van der Waals surface area contributed by atoms with E-state index in [1.807, 2.05) is 0 Å². The fourth-order valence-corrected chi connectivity index (χ4v) is 1.90. The van der Waals surface area contributed by atoms with Crippen LogP contribution >= 0.6 is 11.6 Å². The van der Waals surface area contributed by atoms with Gasteiger partial charge in [-0.05, 0) is 18.3 Å². The fourth-order valence-electron chi connectivity index (χ4n) is 1.71. The number of halogens is 1. The zero-order chi connectivity index (χ0) is 11.1. The summed E-state index contributed by atoms with van der Waals surface area (Å²) in [6.07, 6.45) is 2.34. The van der Waals surface area contributed by atoms with Crippen LogP contribution in [0.25, 0.3) is 0 Å². The Hall–Kier alpha value is -1.03. The van der Waals surface area contributed by atoms with Gasteiger partial charge < -0.3 is 11.1 Å². The molecular weight excluding hydrogens is 212 g/mol. The van der Waals surface area contributed by atoms with Gasteiger partial charge in [-0.2, -0.15) is 4.98 Å². The van der Waals surface area contributed by atoms with E-state index in [-0.39, 0.29) is 5.95 Å². The standard InChI is InChI=1S/C10H15ClN4/c1-3-10(2)5-6(10)13-8-4-7(11)14-9(12)15-8/h4,6H,3,5H2,1-2H3,(H3,12,13,14,15). The third-order valence-corrected chi connectivity index (χ3v) is 3.39. The van der Waals surface area contributed by atoms with Crippen LogP contribution in [0.4, 0.5) is 11.8 Å². The highest BCUT2D eigenvalue weighted by Crippen LogP contribution is 2.49. The highest BCUT2D eigenvalue weighted by atomic mass is 35.5. The second-order valence-corrected chi connectivity index (χ2v) is 4.73. The maximum atomic E-state index is 5.79. The van der Waals surface area contributed by atoms with Gasteiger partial charge in [0, 0.05) is 12.1 Å². The van der Waals surface area contributed by atoms with Crippen molar-refractivity contribution in [3.63, 3.8) is 0 Å². The van der Waals surface area contributed by atoms with Gasteiger partial charge in [0.15, 0.2) is 0 Å². The lowest BCUT2D eigenvalue weighted by Gasteiger charge is -2.10. The van der Waals surface area contributed by atoms with Gasteiger partial charge in [-0.15, -0.1) is 0 Å².